The third-order valence-corrected chi connectivity index (χ3v) is 4.48. The van der Waals surface area contributed by atoms with Crippen LogP contribution in [0.2, 0.25) is 5.02 Å². The third kappa shape index (κ3) is 4.54. The number of piperazine rings is 1. The fraction of sp³-hybridized carbons (Fsp3) is 0.389. The molecule has 1 aliphatic heterocycles. The zero-order valence-electron chi connectivity index (χ0n) is 14.9. The van der Waals surface area contributed by atoms with Crippen LogP contribution in [-0.4, -0.2) is 67.9 Å². The molecule has 0 spiro atoms. The summed E-state index contributed by atoms with van der Waals surface area (Å²) in [6, 6.07) is 10.9. The molecule has 1 amide bonds. The first-order valence-electron chi connectivity index (χ1n) is 8.45. The smallest absolute Gasteiger partial charge is 0.260 e. The molecule has 1 fully saturated rings. The van der Waals surface area contributed by atoms with Crippen molar-refractivity contribution < 1.29 is 9.53 Å². The van der Waals surface area contributed by atoms with Gasteiger partial charge >= 0.3 is 0 Å². The van der Waals surface area contributed by atoms with E-state index in [1.807, 2.05) is 36.0 Å². The second-order valence-electron chi connectivity index (χ2n) is 6.25. The Kier molecular flexibility index (Phi) is 5.78. The summed E-state index contributed by atoms with van der Waals surface area (Å²) in [5.41, 5.74) is 0. The lowest BCUT2D eigenvalue weighted by atomic mass is 10.3. The molecule has 0 N–H and O–H groups in total. The van der Waals surface area contributed by atoms with Gasteiger partial charge in [-0.2, -0.15) is 0 Å². The lowest BCUT2D eigenvalue weighted by Crippen LogP contribution is -2.50. The van der Waals surface area contributed by atoms with Gasteiger partial charge in [0.25, 0.3) is 5.91 Å². The first kappa shape index (κ1) is 18.3. The highest BCUT2D eigenvalue weighted by atomic mass is 35.5. The molecule has 0 bridgehead atoms. The SMILES string of the molecule is CN(C)c1ccc(N2CCN(C(=O)COc3ccc(Cl)cc3)CC2)nn1. The van der Waals surface area contributed by atoms with E-state index in [0.717, 1.165) is 24.7 Å². The van der Waals surface area contributed by atoms with Crippen LogP contribution in [0.1, 0.15) is 0 Å². The van der Waals surface area contributed by atoms with Gasteiger partial charge in [0.15, 0.2) is 18.2 Å². The van der Waals surface area contributed by atoms with Crippen LogP contribution in [-0.2, 0) is 4.79 Å². The zero-order chi connectivity index (χ0) is 18.5. The number of benzene rings is 1. The van der Waals surface area contributed by atoms with E-state index in [2.05, 4.69) is 15.1 Å². The summed E-state index contributed by atoms with van der Waals surface area (Å²) in [7, 11) is 3.86. The number of carbonyl (C=O) groups is 1. The third-order valence-electron chi connectivity index (χ3n) is 4.23. The number of hydrogen-bond donors (Lipinski definition) is 0. The van der Waals surface area contributed by atoms with Crippen molar-refractivity contribution in [1.29, 1.82) is 0 Å². The van der Waals surface area contributed by atoms with Crippen LogP contribution in [0.15, 0.2) is 36.4 Å². The molecule has 0 atom stereocenters. The largest absolute Gasteiger partial charge is 0.484 e. The molecule has 26 heavy (non-hydrogen) atoms. The fourth-order valence-electron chi connectivity index (χ4n) is 2.68. The minimum absolute atomic E-state index is 0.0198. The topological polar surface area (TPSA) is 61.8 Å². The molecule has 3 rings (SSSR count). The Morgan fingerprint density at radius 3 is 2.35 bits per heavy atom. The summed E-state index contributed by atoms with van der Waals surface area (Å²) in [4.78, 5) is 18.2. The molecule has 138 valence electrons. The highest BCUT2D eigenvalue weighted by molar-refractivity contribution is 6.30. The van der Waals surface area contributed by atoms with Crippen LogP contribution in [0.5, 0.6) is 5.75 Å². The Labute approximate surface area is 158 Å². The van der Waals surface area contributed by atoms with Gasteiger partial charge < -0.3 is 19.4 Å². The van der Waals surface area contributed by atoms with Gasteiger partial charge in [-0.1, -0.05) is 11.6 Å². The Morgan fingerprint density at radius 1 is 1.08 bits per heavy atom. The summed E-state index contributed by atoms with van der Waals surface area (Å²) in [6.45, 7) is 2.75. The number of aromatic nitrogens is 2. The predicted octanol–water partition coefficient (Wildman–Crippen LogP) is 1.92. The predicted molar refractivity (Wildman–Crippen MR) is 102 cm³/mol. The molecule has 1 aromatic carbocycles. The lowest BCUT2D eigenvalue weighted by Gasteiger charge is -2.35. The number of anilines is 2. The highest BCUT2D eigenvalue weighted by Crippen LogP contribution is 2.17. The van der Waals surface area contributed by atoms with Gasteiger partial charge in [-0.3, -0.25) is 4.79 Å². The van der Waals surface area contributed by atoms with Crippen molar-refractivity contribution in [2.24, 2.45) is 0 Å². The van der Waals surface area contributed by atoms with Crippen molar-refractivity contribution in [3.8, 4) is 5.75 Å². The first-order chi connectivity index (χ1) is 12.5. The van der Waals surface area contributed by atoms with Gasteiger partial charge in [-0.25, -0.2) is 0 Å². The standard InChI is InChI=1S/C18H22ClN5O2/c1-22(2)16-7-8-17(21-20-16)23-9-11-24(12-10-23)18(25)13-26-15-5-3-14(19)4-6-15/h3-8H,9-13H2,1-2H3. The van der Waals surface area contributed by atoms with Crippen molar-refractivity contribution in [1.82, 2.24) is 15.1 Å². The normalized spacial score (nSPS) is 14.3. The second kappa shape index (κ2) is 8.23. The molecule has 1 saturated heterocycles. The van der Waals surface area contributed by atoms with Crippen LogP contribution >= 0.6 is 11.6 Å². The van der Waals surface area contributed by atoms with E-state index < -0.39 is 0 Å². The molecule has 0 unspecified atom stereocenters. The number of ether oxygens (including phenoxy) is 1. The Hall–Kier alpha value is -2.54. The maximum absolute atomic E-state index is 12.3. The summed E-state index contributed by atoms with van der Waals surface area (Å²) in [5.74, 6) is 2.27. The quantitative estimate of drug-likeness (QED) is 0.795. The molecular weight excluding hydrogens is 354 g/mol. The molecule has 2 aromatic rings. The van der Waals surface area contributed by atoms with Gasteiger partial charge in [-0.15, -0.1) is 10.2 Å². The van der Waals surface area contributed by atoms with Crippen LogP contribution in [0.3, 0.4) is 0 Å². The Morgan fingerprint density at radius 2 is 1.77 bits per heavy atom. The van der Waals surface area contributed by atoms with Gasteiger partial charge in [0.2, 0.25) is 0 Å². The van der Waals surface area contributed by atoms with E-state index >= 15 is 0 Å². The maximum Gasteiger partial charge on any atom is 0.260 e. The van der Waals surface area contributed by atoms with E-state index in [0.29, 0.717) is 23.9 Å². The van der Waals surface area contributed by atoms with Crippen LogP contribution in [0.25, 0.3) is 0 Å². The Bertz CT molecular complexity index is 728. The van der Waals surface area contributed by atoms with Gasteiger partial charge in [0.05, 0.1) is 0 Å². The lowest BCUT2D eigenvalue weighted by molar-refractivity contribution is -0.133. The van der Waals surface area contributed by atoms with Gasteiger partial charge in [-0.05, 0) is 36.4 Å². The molecule has 8 heteroatoms. The average Bonchev–Trinajstić information content (AvgIpc) is 2.67. The van der Waals surface area contributed by atoms with Crippen molar-refractivity contribution >= 4 is 29.1 Å². The maximum atomic E-state index is 12.3. The molecule has 7 nitrogen and oxygen atoms in total. The summed E-state index contributed by atoms with van der Waals surface area (Å²) in [5, 5.41) is 9.11. The van der Waals surface area contributed by atoms with Crippen molar-refractivity contribution in [3.63, 3.8) is 0 Å². The van der Waals surface area contributed by atoms with Crippen LogP contribution in [0, 0.1) is 0 Å². The monoisotopic (exact) mass is 375 g/mol. The number of amides is 1. The number of rotatable bonds is 5. The molecular formula is C18H22ClN5O2. The molecule has 0 radical (unpaired) electrons. The molecule has 1 aliphatic rings. The molecule has 0 aliphatic carbocycles. The van der Waals surface area contributed by atoms with Gasteiger partial charge in [0.1, 0.15) is 5.75 Å². The number of hydrogen-bond acceptors (Lipinski definition) is 6. The van der Waals surface area contributed by atoms with Crippen LogP contribution < -0.4 is 14.5 Å². The number of carbonyl (C=O) groups excluding carboxylic acids is 1. The minimum atomic E-state index is -0.0198. The van der Waals surface area contributed by atoms with E-state index in [1.165, 1.54) is 0 Å². The molecule has 1 aromatic heterocycles. The second-order valence-corrected chi connectivity index (χ2v) is 6.69. The van der Waals surface area contributed by atoms with E-state index in [4.69, 9.17) is 16.3 Å². The van der Waals surface area contributed by atoms with Crippen LogP contribution in [0.4, 0.5) is 11.6 Å². The first-order valence-corrected chi connectivity index (χ1v) is 8.83. The summed E-state index contributed by atoms with van der Waals surface area (Å²) < 4.78 is 5.53. The average molecular weight is 376 g/mol. The van der Waals surface area contributed by atoms with Crippen molar-refractivity contribution in [2.45, 2.75) is 0 Å². The Balaban J connectivity index is 1.48. The van der Waals surface area contributed by atoms with E-state index in [-0.39, 0.29) is 12.5 Å². The van der Waals surface area contributed by atoms with Gasteiger partial charge in [0, 0.05) is 45.3 Å². The highest BCUT2D eigenvalue weighted by Gasteiger charge is 2.22. The van der Waals surface area contributed by atoms with E-state index in [1.54, 1.807) is 24.3 Å². The van der Waals surface area contributed by atoms with E-state index in [9.17, 15) is 4.79 Å². The molecule has 0 saturated carbocycles. The number of halogens is 1. The van der Waals surface area contributed by atoms with Crippen molar-refractivity contribution in [3.05, 3.63) is 41.4 Å². The molecule has 2 heterocycles. The zero-order valence-corrected chi connectivity index (χ0v) is 15.7. The number of nitrogens with zero attached hydrogens (tertiary/aromatic N) is 5. The summed E-state index contributed by atoms with van der Waals surface area (Å²) >= 11 is 5.84. The fourth-order valence-corrected chi connectivity index (χ4v) is 2.80. The summed E-state index contributed by atoms with van der Waals surface area (Å²) in [6.07, 6.45) is 0. The van der Waals surface area contributed by atoms with Crippen molar-refractivity contribution in [2.75, 3.05) is 56.7 Å². The minimum Gasteiger partial charge on any atom is -0.484 e.